The van der Waals surface area contributed by atoms with E-state index in [9.17, 15) is 4.79 Å². The van der Waals surface area contributed by atoms with Crippen molar-refractivity contribution in [1.82, 2.24) is 4.90 Å². The van der Waals surface area contributed by atoms with Gasteiger partial charge in [-0.15, -0.1) is 0 Å². The number of benzene rings is 1. The molecule has 0 bridgehead atoms. The fourth-order valence-electron chi connectivity index (χ4n) is 1.93. The second-order valence-electron chi connectivity index (χ2n) is 5.12. The Morgan fingerprint density at radius 2 is 2.06 bits per heavy atom. The molecule has 3 heteroatoms. The van der Waals surface area contributed by atoms with Gasteiger partial charge in [-0.05, 0) is 19.4 Å². The van der Waals surface area contributed by atoms with Crippen LogP contribution in [-0.4, -0.2) is 29.6 Å². The van der Waals surface area contributed by atoms with Crippen LogP contribution in [0.1, 0.15) is 25.0 Å². The van der Waals surface area contributed by atoms with Crippen molar-refractivity contribution in [3.8, 4) is 0 Å². The maximum absolute atomic E-state index is 10.8. The molecule has 3 nitrogen and oxygen atoms in total. The first-order chi connectivity index (χ1) is 7.99. The zero-order chi connectivity index (χ0) is 12.5. The lowest BCUT2D eigenvalue weighted by Crippen LogP contribution is -2.22. The fraction of sp³-hybridized carbons (Fsp3) is 0.500. The molecule has 2 rings (SSSR count). The van der Waals surface area contributed by atoms with Crippen molar-refractivity contribution in [1.29, 1.82) is 0 Å². The normalized spacial score (nSPS) is 26.6. The van der Waals surface area contributed by atoms with Gasteiger partial charge in [-0.3, -0.25) is 9.69 Å². The predicted octanol–water partition coefficient (Wildman–Crippen LogP) is 2.13. The van der Waals surface area contributed by atoms with E-state index in [0.29, 0.717) is 6.61 Å². The monoisotopic (exact) mass is 233 g/mol. The predicted molar refractivity (Wildman–Crippen MR) is 66.6 cm³/mol. The van der Waals surface area contributed by atoms with E-state index in [1.54, 1.807) is 0 Å². The zero-order valence-corrected chi connectivity index (χ0v) is 10.7. The highest BCUT2D eigenvalue weighted by molar-refractivity contribution is 5.66. The van der Waals surface area contributed by atoms with E-state index in [1.165, 1.54) is 18.1 Å². The van der Waals surface area contributed by atoms with E-state index >= 15 is 0 Å². The van der Waals surface area contributed by atoms with E-state index in [2.05, 4.69) is 43.0 Å². The molecule has 1 aliphatic rings. The topological polar surface area (TPSA) is 29.3 Å². The number of aryl methyl sites for hydroxylation is 1. The highest BCUT2D eigenvalue weighted by Crippen LogP contribution is 2.33. The molecule has 0 aliphatic carbocycles. The Labute approximate surface area is 102 Å². The van der Waals surface area contributed by atoms with Gasteiger partial charge >= 0.3 is 5.97 Å². The molecule has 92 valence electrons. The number of esters is 1. The van der Waals surface area contributed by atoms with Gasteiger partial charge in [-0.2, -0.15) is 0 Å². The van der Waals surface area contributed by atoms with Crippen LogP contribution in [0.15, 0.2) is 24.3 Å². The SMILES string of the molecule is CC(=O)OCC1(C)CN1Cc1ccc(C)cc1. The summed E-state index contributed by atoms with van der Waals surface area (Å²) in [7, 11) is 0. The smallest absolute Gasteiger partial charge is 0.302 e. The number of ether oxygens (including phenoxy) is 1. The molecular formula is C14H19NO2. The van der Waals surface area contributed by atoms with Crippen LogP contribution >= 0.6 is 0 Å². The third-order valence-corrected chi connectivity index (χ3v) is 3.27. The molecule has 2 atom stereocenters. The summed E-state index contributed by atoms with van der Waals surface area (Å²) >= 11 is 0. The number of hydrogen-bond donors (Lipinski definition) is 0. The average molecular weight is 233 g/mol. The molecule has 1 aromatic rings. The quantitative estimate of drug-likeness (QED) is 0.589. The lowest BCUT2D eigenvalue weighted by atomic mass is 10.1. The van der Waals surface area contributed by atoms with Crippen molar-refractivity contribution in [3.05, 3.63) is 35.4 Å². The summed E-state index contributed by atoms with van der Waals surface area (Å²) in [4.78, 5) is 13.1. The van der Waals surface area contributed by atoms with Crippen molar-refractivity contribution in [3.63, 3.8) is 0 Å². The highest BCUT2D eigenvalue weighted by atomic mass is 16.5. The van der Waals surface area contributed by atoms with Crippen molar-refractivity contribution >= 4 is 5.97 Å². The van der Waals surface area contributed by atoms with Crippen LogP contribution in [0.25, 0.3) is 0 Å². The molecule has 1 heterocycles. The Hall–Kier alpha value is -1.35. The lowest BCUT2D eigenvalue weighted by Gasteiger charge is -2.12. The largest absolute Gasteiger partial charge is 0.464 e. The van der Waals surface area contributed by atoms with Crippen LogP contribution in [-0.2, 0) is 16.1 Å². The minimum absolute atomic E-state index is 0.0383. The summed E-state index contributed by atoms with van der Waals surface area (Å²) < 4.78 is 5.08. The third kappa shape index (κ3) is 3.07. The van der Waals surface area contributed by atoms with E-state index in [1.807, 2.05) is 0 Å². The molecule has 1 aliphatic heterocycles. The highest BCUT2D eigenvalue weighted by Gasteiger charge is 2.48. The van der Waals surface area contributed by atoms with Crippen molar-refractivity contribution < 1.29 is 9.53 Å². The van der Waals surface area contributed by atoms with Crippen LogP contribution in [0.2, 0.25) is 0 Å². The van der Waals surface area contributed by atoms with Crippen LogP contribution in [0.4, 0.5) is 0 Å². The Kier molecular flexibility index (Phi) is 3.20. The van der Waals surface area contributed by atoms with Crippen molar-refractivity contribution in [2.45, 2.75) is 32.9 Å². The Bertz CT molecular complexity index is 413. The maximum Gasteiger partial charge on any atom is 0.302 e. The fourth-order valence-corrected chi connectivity index (χ4v) is 1.93. The molecule has 1 aromatic carbocycles. The van der Waals surface area contributed by atoms with Gasteiger partial charge in [0.1, 0.15) is 6.61 Å². The molecule has 2 unspecified atom stereocenters. The Morgan fingerprint density at radius 3 is 2.65 bits per heavy atom. The number of hydrogen-bond acceptors (Lipinski definition) is 3. The second kappa shape index (κ2) is 4.49. The number of nitrogens with zero attached hydrogens (tertiary/aromatic N) is 1. The standard InChI is InChI=1S/C14H19NO2/c1-11-4-6-13(7-5-11)8-15-9-14(15,3)10-17-12(2)16/h4-7H,8-10H2,1-3H3. The van der Waals surface area contributed by atoms with Crippen LogP contribution in [0.5, 0.6) is 0 Å². The lowest BCUT2D eigenvalue weighted by molar-refractivity contribution is -0.142. The van der Waals surface area contributed by atoms with Gasteiger partial charge in [-0.25, -0.2) is 0 Å². The van der Waals surface area contributed by atoms with Gasteiger partial charge in [0.05, 0.1) is 5.54 Å². The van der Waals surface area contributed by atoms with Crippen LogP contribution in [0, 0.1) is 6.92 Å². The molecular weight excluding hydrogens is 214 g/mol. The van der Waals surface area contributed by atoms with E-state index < -0.39 is 0 Å². The van der Waals surface area contributed by atoms with Gasteiger partial charge < -0.3 is 4.74 Å². The molecule has 0 N–H and O–H groups in total. The zero-order valence-electron chi connectivity index (χ0n) is 10.7. The van der Waals surface area contributed by atoms with Crippen molar-refractivity contribution in [2.75, 3.05) is 13.2 Å². The summed E-state index contributed by atoms with van der Waals surface area (Å²) in [6, 6.07) is 8.56. The van der Waals surface area contributed by atoms with Gasteiger partial charge in [0, 0.05) is 20.0 Å². The summed E-state index contributed by atoms with van der Waals surface area (Å²) in [6.45, 7) is 8.09. The molecule has 0 radical (unpaired) electrons. The minimum atomic E-state index is -0.201. The van der Waals surface area contributed by atoms with E-state index in [0.717, 1.165) is 13.1 Å². The van der Waals surface area contributed by atoms with Gasteiger partial charge in [0.2, 0.25) is 0 Å². The molecule has 1 saturated heterocycles. The van der Waals surface area contributed by atoms with Gasteiger partial charge in [-0.1, -0.05) is 29.8 Å². The molecule has 0 amide bonds. The Balaban J connectivity index is 1.86. The van der Waals surface area contributed by atoms with E-state index in [-0.39, 0.29) is 11.5 Å². The molecule has 1 fully saturated rings. The van der Waals surface area contributed by atoms with Gasteiger partial charge in [0.15, 0.2) is 0 Å². The summed E-state index contributed by atoms with van der Waals surface area (Å²) in [6.07, 6.45) is 0. The van der Waals surface area contributed by atoms with Crippen LogP contribution in [0.3, 0.4) is 0 Å². The first-order valence-corrected chi connectivity index (χ1v) is 5.94. The number of carbonyl (C=O) groups is 1. The molecule has 17 heavy (non-hydrogen) atoms. The molecule has 0 aromatic heterocycles. The summed E-state index contributed by atoms with van der Waals surface area (Å²) in [5.74, 6) is -0.201. The molecule has 0 saturated carbocycles. The number of rotatable bonds is 4. The second-order valence-corrected chi connectivity index (χ2v) is 5.12. The average Bonchev–Trinajstić information content (AvgIpc) is 2.91. The van der Waals surface area contributed by atoms with Crippen molar-refractivity contribution in [2.24, 2.45) is 0 Å². The molecule has 0 spiro atoms. The number of carbonyl (C=O) groups excluding carboxylic acids is 1. The first-order valence-electron chi connectivity index (χ1n) is 5.94. The minimum Gasteiger partial charge on any atom is -0.464 e. The summed E-state index contributed by atoms with van der Waals surface area (Å²) in [5, 5.41) is 0. The first kappa shape index (κ1) is 12.1. The summed E-state index contributed by atoms with van der Waals surface area (Å²) in [5.41, 5.74) is 2.63. The van der Waals surface area contributed by atoms with Gasteiger partial charge in [0.25, 0.3) is 0 Å². The van der Waals surface area contributed by atoms with Crippen LogP contribution < -0.4 is 0 Å². The Morgan fingerprint density at radius 1 is 1.41 bits per heavy atom. The maximum atomic E-state index is 10.8. The van der Waals surface area contributed by atoms with E-state index in [4.69, 9.17) is 4.74 Å². The third-order valence-electron chi connectivity index (χ3n) is 3.27.